The molecule has 3 nitrogen and oxygen atoms in total. The first-order chi connectivity index (χ1) is 9.25. The maximum atomic E-state index is 12.4. The number of hydrogen-bond acceptors (Lipinski definition) is 2. The molecule has 19 heavy (non-hydrogen) atoms. The fourth-order valence-corrected chi connectivity index (χ4v) is 3.34. The molecule has 2 unspecified atom stereocenters. The van der Waals surface area contributed by atoms with Crippen molar-refractivity contribution >= 4 is 5.91 Å². The fraction of sp³-hybridized carbons (Fsp3) is 0.562. The molecule has 1 aromatic rings. The average Bonchev–Trinajstić information content (AvgIpc) is 2.99. The number of carbonyl (C=O) groups is 1. The van der Waals surface area contributed by atoms with Crippen molar-refractivity contribution in [3.63, 3.8) is 0 Å². The number of likely N-dealkylation sites (N-methyl/N-ethyl adjacent to an activating group) is 1. The Balaban J connectivity index is 1.68. The fourth-order valence-electron chi connectivity index (χ4n) is 3.34. The third-order valence-electron chi connectivity index (χ3n) is 4.63. The van der Waals surface area contributed by atoms with Crippen LogP contribution >= 0.6 is 0 Å². The second kappa shape index (κ2) is 5.33. The summed E-state index contributed by atoms with van der Waals surface area (Å²) in [7, 11) is 1.99. The Labute approximate surface area is 115 Å². The molecule has 0 radical (unpaired) electrons. The second-order valence-electron chi connectivity index (χ2n) is 5.80. The summed E-state index contributed by atoms with van der Waals surface area (Å²) in [5.41, 5.74) is 2.88. The summed E-state index contributed by atoms with van der Waals surface area (Å²) in [4.78, 5) is 14.5. The van der Waals surface area contributed by atoms with E-state index in [0.717, 1.165) is 38.8 Å². The maximum absolute atomic E-state index is 12.4. The number of nitrogens with one attached hydrogen (secondary N) is 1. The zero-order chi connectivity index (χ0) is 13.2. The molecular formula is C16H22N2O. The number of aryl methyl sites for hydroxylation is 1. The molecule has 1 aromatic carbocycles. The standard InChI is InChI=1S/C16H22N2O/c1-18(16(19)14-8-9-17-11-14)15-7-6-12-4-2-3-5-13(12)10-15/h2-5,14-15,17H,6-11H2,1H3. The third-order valence-corrected chi connectivity index (χ3v) is 4.63. The highest BCUT2D eigenvalue weighted by Gasteiger charge is 2.30. The Morgan fingerprint density at radius 2 is 2.05 bits per heavy atom. The van der Waals surface area contributed by atoms with E-state index < -0.39 is 0 Å². The van der Waals surface area contributed by atoms with E-state index in [4.69, 9.17) is 0 Å². The molecule has 2 atom stereocenters. The minimum atomic E-state index is 0.196. The first kappa shape index (κ1) is 12.7. The van der Waals surface area contributed by atoms with Crippen LogP contribution in [-0.4, -0.2) is 37.0 Å². The second-order valence-corrected chi connectivity index (χ2v) is 5.80. The molecule has 1 aliphatic carbocycles. The maximum Gasteiger partial charge on any atom is 0.227 e. The quantitative estimate of drug-likeness (QED) is 0.874. The molecular weight excluding hydrogens is 236 g/mol. The summed E-state index contributed by atoms with van der Waals surface area (Å²) in [6, 6.07) is 9.01. The van der Waals surface area contributed by atoms with Crippen molar-refractivity contribution in [3.8, 4) is 0 Å². The van der Waals surface area contributed by atoms with Crippen molar-refractivity contribution in [3.05, 3.63) is 35.4 Å². The normalized spacial score (nSPS) is 25.9. The van der Waals surface area contributed by atoms with Gasteiger partial charge in [-0.25, -0.2) is 0 Å². The highest BCUT2D eigenvalue weighted by molar-refractivity contribution is 5.79. The predicted octanol–water partition coefficient (Wildman–Crippen LogP) is 1.61. The molecule has 102 valence electrons. The van der Waals surface area contributed by atoms with Gasteiger partial charge < -0.3 is 10.2 Å². The molecule has 0 spiro atoms. The number of rotatable bonds is 2. The summed E-state index contributed by atoms with van der Waals surface area (Å²) in [6.45, 7) is 1.84. The van der Waals surface area contributed by atoms with Crippen molar-refractivity contribution in [2.45, 2.75) is 31.7 Å². The molecule has 1 N–H and O–H groups in total. The van der Waals surface area contributed by atoms with Crippen molar-refractivity contribution in [1.82, 2.24) is 10.2 Å². The van der Waals surface area contributed by atoms with Gasteiger partial charge in [-0.15, -0.1) is 0 Å². The van der Waals surface area contributed by atoms with E-state index in [9.17, 15) is 4.79 Å². The van der Waals surface area contributed by atoms with E-state index in [2.05, 4.69) is 29.6 Å². The Kier molecular flexibility index (Phi) is 3.56. The highest BCUT2D eigenvalue weighted by Crippen LogP contribution is 2.25. The SMILES string of the molecule is CN(C(=O)C1CCNC1)C1CCc2ccccc2C1. The van der Waals surface area contributed by atoms with E-state index in [0.29, 0.717) is 11.9 Å². The Morgan fingerprint density at radius 1 is 1.26 bits per heavy atom. The number of benzene rings is 1. The van der Waals surface area contributed by atoms with Crippen LogP contribution < -0.4 is 5.32 Å². The van der Waals surface area contributed by atoms with E-state index in [1.807, 2.05) is 11.9 Å². The van der Waals surface area contributed by atoms with Crippen LogP contribution in [-0.2, 0) is 17.6 Å². The number of hydrogen-bond donors (Lipinski definition) is 1. The monoisotopic (exact) mass is 258 g/mol. The van der Waals surface area contributed by atoms with Crippen molar-refractivity contribution in [1.29, 1.82) is 0 Å². The molecule has 0 bridgehead atoms. The molecule has 0 saturated carbocycles. The van der Waals surface area contributed by atoms with Crippen LogP contribution in [0.5, 0.6) is 0 Å². The van der Waals surface area contributed by atoms with E-state index >= 15 is 0 Å². The Bertz CT molecular complexity index is 466. The topological polar surface area (TPSA) is 32.3 Å². The smallest absolute Gasteiger partial charge is 0.227 e. The van der Waals surface area contributed by atoms with Crippen LogP contribution in [0.1, 0.15) is 24.0 Å². The Morgan fingerprint density at radius 3 is 2.79 bits per heavy atom. The number of fused-ring (bicyclic) bond motifs is 1. The largest absolute Gasteiger partial charge is 0.342 e. The first-order valence-electron chi connectivity index (χ1n) is 7.30. The van der Waals surface area contributed by atoms with Crippen molar-refractivity contribution < 1.29 is 4.79 Å². The first-order valence-corrected chi connectivity index (χ1v) is 7.30. The summed E-state index contributed by atoms with van der Waals surface area (Å²) < 4.78 is 0. The molecule has 1 fully saturated rings. The minimum Gasteiger partial charge on any atom is -0.342 e. The van der Waals surface area contributed by atoms with Gasteiger partial charge in [0.05, 0.1) is 5.92 Å². The van der Waals surface area contributed by atoms with Gasteiger partial charge in [-0.05, 0) is 43.4 Å². The molecule has 3 rings (SSSR count). The molecule has 0 aromatic heterocycles. The van der Waals surface area contributed by atoms with Crippen LogP contribution in [0.4, 0.5) is 0 Å². The van der Waals surface area contributed by atoms with Crippen molar-refractivity contribution in [2.75, 3.05) is 20.1 Å². The molecule has 1 amide bonds. The van der Waals surface area contributed by atoms with Gasteiger partial charge in [-0.1, -0.05) is 24.3 Å². The van der Waals surface area contributed by atoms with Gasteiger partial charge in [0.1, 0.15) is 0 Å². The van der Waals surface area contributed by atoms with Crippen molar-refractivity contribution in [2.24, 2.45) is 5.92 Å². The van der Waals surface area contributed by atoms with Gasteiger partial charge in [0.25, 0.3) is 0 Å². The van der Waals surface area contributed by atoms with Gasteiger partial charge in [-0.2, -0.15) is 0 Å². The molecule has 1 saturated heterocycles. The lowest BCUT2D eigenvalue weighted by molar-refractivity contribution is -0.135. The van der Waals surface area contributed by atoms with Crippen LogP contribution in [0.3, 0.4) is 0 Å². The molecule has 2 aliphatic rings. The van der Waals surface area contributed by atoms with E-state index in [1.165, 1.54) is 11.1 Å². The lowest BCUT2D eigenvalue weighted by Crippen LogP contribution is -2.44. The minimum absolute atomic E-state index is 0.196. The van der Waals surface area contributed by atoms with Gasteiger partial charge in [0.15, 0.2) is 0 Å². The van der Waals surface area contributed by atoms with Crippen LogP contribution in [0.2, 0.25) is 0 Å². The summed E-state index contributed by atoms with van der Waals surface area (Å²) >= 11 is 0. The van der Waals surface area contributed by atoms with Gasteiger partial charge >= 0.3 is 0 Å². The van der Waals surface area contributed by atoms with Crippen LogP contribution in [0, 0.1) is 5.92 Å². The van der Waals surface area contributed by atoms with E-state index in [1.54, 1.807) is 0 Å². The summed E-state index contributed by atoms with van der Waals surface area (Å²) in [5, 5.41) is 3.28. The average molecular weight is 258 g/mol. The lowest BCUT2D eigenvalue weighted by Gasteiger charge is -2.34. The van der Waals surface area contributed by atoms with Gasteiger partial charge in [-0.3, -0.25) is 4.79 Å². The predicted molar refractivity (Wildman–Crippen MR) is 76.0 cm³/mol. The van der Waals surface area contributed by atoms with Gasteiger partial charge in [0, 0.05) is 19.6 Å². The third kappa shape index (κ3) is 2.52. The molecule has 1 aliphatic heterocycles. The van der Waals surface area contributed by atoms with Gasteiger partial charge in [0.2, 0.25) is 5.91 Å². The Hall–Kier alpha value is -1.35. The number of nitrogens with zero attached hydrogens (tertiary/aromatic N) is 1. The summed E-state index contributed by atoms with van der Waals surface area (Å²) in [6.07, 6.45) is 4.20. The molecule has 3 heteroatoms. The zero-order valence-electron chi connectivity index (χ0n) is 11.6. The number of carbonyl (C=O) groups excluding carboxylic acids is 1. The summed E-state index contributed by atoms with van der Waals surface area (Å²) in [5.74, 6) is 0.525. The molecule has 1 heterocycles. The number of amides is 1. The zero-order valence-corrected chi connectivity index (χ0v) is 11.6. The van der Waals surface area contributed by atoms with E-state index in [-0.39, 0.29) is 5.92 Å². The van der Waals surface area contributed by atoms with Crippen LogP contribution in [0.25, 0.3) is 0 Å². The lowest BCUT2D eigenvalue weighted by atomic mass is 9.87. The highest BCUT2D eigenvalue weighted by atomic mass is 16.2. The van der Waals surface area contributed by atoms with Crippen LogP contribution in [0.15, 0.2) is 24.3 Å².